The van der Waals surface area contributed by atoms with Crippen LogP contribution in [0.2, 0.25) is 0 Å². The fourth-order valence-corrected chi connectivity index (χ4v) is 2.45. The van der Waals surface area contributed by atoms with Gasteiger partial charge in [-0.25, -0.2) is 4.79 Å². The molecule has 4 nitrogen and oxygen atoms in total. The number of carboxylic acids is 1. The first-order valence-corrected chi connectivity index (χ1v) is 5.99. The number of rotatable bonds is 2. The van der Waals surface area contributed by atoms with Crippen LogP contribution in [0.15, 0.2) is 18.2 Å². The third kappa shape index (κ3) is 2.20. The van der Waals surface area contributed by atoms with E-state index in [2.05, 4.69) is 11.8 Å². The second-order valence-corrected chi connectivity index (χ2v) is 4.58. The Morgan fingerprint density at radius 2 is 2.24 bits per heavy atom. The first-order valence-electron chi connectivity index (χ1n) is 5.99. The zero-order chi connectivity index (χ0) is 12.4. The molecule has 3 N–H and O–H groups in total. The van der Waals surface area contributed by atoms with Gasteiger partial charge in [0.25, 0.3) is 0 Å². The van der Waals surface area contributed by atoms with Crippen molar-refractivity contribution in [3.63, 3.8) is 0 Å². The molecule has 92 valence electrons. The van der Waals surface area contributed by atoms with Crippen molar-refractivity contribution < 1.29 is 9.90 Å². The summed E-state index contributed by atoms with van der Waals surface area (Å²) in [5.74, 6) is -0.964. The largest absolute Gasteiger partial charge is 0.478 e. The minimum absolute atomic E-state index is 0.195. The molecule has 1 aliphatic heterocycles. The molecular weight excluding hydrogens is 216 g/mol. The molecule has 1 saturated heterocycles. The summed E-state index contributed by atoms with van der Waals surface area (Å²) < 4.78 is 0. The molecule has 1 atom stereocenters. The van der Waals surface area contributed by atoms with Gasteiger partial charge in [0.05, 0.1) is 16.9 Å². The molecule has 1 aliphatic rings. The van der Waals surface area contributed by atoms with E-state index in [-0.39, 0.29) is 5.56 Å². The summed E-state index contributed by atoms with van der Waals surface area (Å²) in [6, 6.07) is 5.64. The van der Waals surface area contributed by atoms with Crippen LogP contribution in [-0.4, -0.2) is 23.7 Å². The van der Waals surface area contributed by atoms with Crippen LogP contribution in [-0.2, 0) is 0 Å². The number of aromatic carboxylic acids is 1. The summed E-state index contributed by atoms with van der Waals surface area (Å²) in [6.45, 7) is 3.11. The number of anilines is 2. The van der Waals surface area contributed by atoms with Crippen LogP contribution in [0.25, 0.3) is 0 Å². The molecular formula is C13H18N2O2. The predicted octanol–water partition coefficient (Wildman–Crippen LogP) is 2.35. The van der Waals surface area contributed by atoms with Crippen molar-refractivity contribution in [1.29, 1.82) is 0 Å². The number of piperidine rings is 1. The number of hydrogen-bond acceptors (Lipinski definition) is 3. The van der Waals surface area contributed by atoms with Gasteiger partial charge < -0.3 is 15.7 Å². The van der Waals surface area contributed by atoms with Gasteiger partial charge in [0.15, 0.2) is 0 Å². The Morgan fingerprint density at radius 3 is 2.88 bits per heavy atom. The van der Waals surface area contributed by atoms with Crippen LogP contribution in [0.4, 0.5) is 11.4 Å². The lowest BCUT2D eigenvalue weighted by molar-refractivity contribution is 0.0698. The van der Waals surface area contributed by atoms with Crippen molar-refractivity contribution >= 4 is 17.3 Å². The van der Waals surface area contributed by atoms with E-state index in [1.54, 1.807) is 12.1 Å². The van der Waals surface area contributed by atoms with Crippen LogP contribution >= 0.6 is 0 Å². The predicted molar refractivity (Wildman–Crippen MR) is 68.5 cm³/mol. The molecule has 2 rings (SSSR count). The van der Waals surface area contributed by atoms with E-state index in [9.17, 15) is 4.79 Å². The van der Waals surface area contributed by atoms with E-state index < -0.39 is 5.97 Å². The van der Waals surface area contributed by atoms with E-state index in [1.807, 2.05) is 6.07 Å². The highest BCUT2D eigenvalue weighted by atomic mass is 16.4. The van der Waals surface area contributed by atoms with Crippen LogP contribution in [0.1, 0.15) is 36.5 Å². The van der Waals surface area contributed by atoms with Crippen molar-refractivity contribution in [3.8, 4) is 0 Å². The van der Waals surface area contributed by atoms with Crippen molar-refractivity contribution in [1.82, 2.24) is 0 Å². The molecule has 0 spiro atoms. The van der Waals surface area contributed by atoms with Crippen LogP contribution in [0.3, 0.4) is 0 Å². The highest BCUT2D eigenvalue weighted by Crippen LogP contribution is 2.31. The van der Waals surface area contributed by atoms with E-state index >= 15 is 0 Å². The number of nitrogens with two attached hydrogens (primary N) is 1. The highest BCUT2D eigenvalue weighted by molar-refractivity contribution is 5.97. The smallest absolute Gasteiger partial charge is 0.337 e. The third-order valence-electron chi connectivity index (χ3n) is 3.43. The first kappa shape index (κ1) is 11.8. The average Bonchev–Trinajstić information content (AvgIpc) is 2.30. The van der Waals surface area contributed by atoms with E-state index in [0.29, 0.717) is 11.7 Å². The summed E-state index contributed by atoms with van der Waals surface area (Å²) in [5, 5.41) is 9.06. The van der Waals surface area contributed by atoms with Gasteiger partial charge in [-0.15, -0.1) is 0 Å². The molecule has 4 heteroatoms. The Hall–Kier alpha value is -1.71. The van der Waals surface area contributed by atoms with Gasteiger partial charge in [0.2, 0.25) is 0 Å². The fraction of sp³-hybridized carbons (Fsp3) is 0.462. The van der Waals surface area contributed by atoms with Crippen LogP contribution < -0.4 is 10.6 Å². The minimum atomic E-state index is -0.964. The van der Waals surface area contributed by atoms with Crippen LogP contribution in [0.5, 0.6) is 0 Å². The normalized spacial score (nSPS) is 20.3. The van der Waals surface area contributed by atoms with Crippen molar-refractivity contribution in [3.05, 3.63) is 23.8 Å². The molecule has 1 unspecified atom stereocenters. The lowest BCUT2D eigenvalue weighted by Crippen LogP contribution is -2.38. The lowest BCUT2D eigenvalue weighted by atomic mass is 10.0. The summed E-state index contributed by atoms with van der Waals surface area (Å²) >= 11 is 0. The topological polar surface area (TPSA) is 66.6 Å². The maximum atomic E-state index is 11.0. The number of carbonyl (C=O) groups is 1. The summed E-state index contributed by atoms with van der Waals surface area (Å²) in [5.41, 5.74) is 7.39. The Kier molecular flexibility index (Phi) is 3.22. The number of para-hydroxylation sites is 1. The number of benzene rings is 1. The molecule has 0 aromatic heterocycles. The number of nitrogens with zero attached hydrogens (tertiary/aromatic N) is 1. The van der Waals surface area contributed by atoms with E-state index in [1.165, 1.54) is 6.42 Å². The van der Waals surface area contributed by atoms with Gasteiger partial charge in [0.1, 0.15) is 0 Å². The third-order valence-corrected chi connectivity index (χ3v) is 3.43. The average molecular weight is 234 g/mol. The zero-order valence-electron chi connectivity index (χ0n) is 10.0. The lowest BCUT2D eigenvalue weighted by Gasteiger charge is -2.36. The molecule has 0 aliphatic carbocycles. The Balaban J connectivity index is 2.38. The van der Waals surface area contributed by atoms with E-state index in [0.717, 1.165) is 25.1 Å². The Bertz CT molecular complexity index is 431. The quantitative estimate of drug-likeness (QED) is 0.771. The summed E-state index contributed by atoms with van der Waals surface area (Å²) in [7, 11) is 0. The van der Waals surface area contributed by atoms with Crippen molar-refractivity contribution in [2.75, 3.05) is 17.2 Å². The highest BCUT2D eigenvalue weighted by Gasteiger charge is 2.22. The van der Waals surface area contributed by atoms with Gasteiger partial charge in [-0.3, -0.25) is 0 Å². The molecule has 1 fully saturated rings. The molecule has 1 aromatic carbocycles. The second-order valence-electron chi connectivity index (χ2n) is 4.58. The summed E-state index contributed by atoms with van der Waals surface area (Å²) in [4.78, 5) is 13.3. The van der Waals surface area contributed by atoms with Gasteiger partial charge >= 0.3 is 5.97 Å². The second kappa shape index (κ2) is 4.65. The maximum Gasteiger partial charge on any atom is 0.337 e. The Labute approximate surface area is 101 Å². The zero-order valence-corrected chi connectivity index (χ0v) is 10.0. The minimum Gasteiger partial charge on any atom is -0.478 e. The van der Waals surface area contributed by atoms with Gasteiger partial charge in [-0.2, -0.15) is 0 Å². The fourth-order valence-electron chi connectivity index (χ4n) is 2.45. The Morgan fingerprint density at radius 1 is 1.47 bits per heavy atom. The number of carboxylic acid groups (broad SMARTS) is 1. The molecule has 0 bridgehead atoms. The molecule has 0 saturated carbocycles. The standard InChI is InChI=1S/C13H18N2O2/c1-9-5-2-3-8-15(9)11-7-4-6-10(12(11)14)13(16)17/h4,6-7,9H,2-3,5,8,14H2,1H3,(H,16,17). The number of hydrogen-bond donors (Lipinski definition) is 2. The van der Waals surface area contributed by atoms with Crippen LogP contribution in [0, 0.1) is 0 Å². The van der Waals surface area contributed by atoms with Crippen molar-refractivity contribution in [2.24, 2.45) is 0 Å². The molecule has 0 radical (unpaired) electrons. The molecule has 1 aromatic rings. The van der Waals surface area contributed by atoms with Gasteiger partial charge in [0, 0.05) is 12.6 Å². The van der Waals surface area contributed by atoms with Gasteiger partial charge in [-0.1, -0.05) is 6.07 Å². The van der Waals surface area contributed by atoms with Crippen molar-refractivity contribution in [2.45, 2.75) is 32.2 Å². The number of nitrogen functional groups attached to an aromatic ring is 1. The molecule has 17 heavy (non-hydrogen) atoms. The molecule has 1 heterocycles. The SMILES string of the molecule is CC1CCCCN1c1cccc(C(=O)O)c1N. The first-order chi connectivity index (χ1) is 8.11. The summed E-state index contributed by atoms with van der Waals surface area (Å²) in [6.07, 6.45) is 3.51. The van der Waals surface area contributed by atoms with Gasteiger partial charge in [-0.05, 0) is 38.3 Å². The molecule has 0 amide bonds. The maximum absolute atomic E-state index is 11.0. The van der Waals surface area contributed by atoms with E-state index in [4.69, 9.17) is 10.8 Å². The monoisotopic (exact) mass is 234 g/mol.